The first-order valence-electron chi connectivity index (χ1n) is 16.5. The molecule has 0 fully saturated rings. The Morgan fingerprint density at radius 2 is 1.19 bits per heavy atom. The van der Waals surface area contributed by atoms with Crippen molar-refractivity contribution < 1.29 is 0 Å². The van der Waals surface area contributed by atoms with Crippen LogP contribution in [-0.4, -0.2) is 14.5 Å². The fraction of sp³-hybridized carbons (Fsp3) is 0.182. The van der Waals surface area contributed by atoms with E-state index in [-0.39, 0.29) is 10.8 Å². The zero-order chi connectivity index (χ0) is 33.6. The Bertz CT molecular complexity index is 2250. The van der Waals surface area contributed by atoms with Crippen molar-refractivity contribution in [2.75, 3.05) is 0 Å². The lowest BCUT2D eigenvalue weighted by molar-refractivity contribution is 0.590. The average molecular weight is 646 g/mol. The fourth-order valence-corrected chi connectivity index (χ4v) is 6.61. The van der Waals surface area contributed by atoms with E-state index in [1.807, 2.05) is 12.3 Å². The summed E-state index contributed by atoms with van der Waals surface area (Å²) in [5.41, 5.74) is 14.0. The van der Waals surface area contributed by atoms with Crippen LogP contribution in [0.2, 0.25) is 5.28 Å². The normalized spacial score (nSPS) is 12.1. The van der Waals surface area contributed by atoms with E-state index in [9.17, 15) is 0 Å². The standard InChI is InChI=1S/C44H40ClN3/c1-43(2,3)34-20-21-39(37(28-34)30-16-11-8-12-17-30)48-40-19-13-18-36(41(40)47-42(48)45)32-24-33(26-35(25-32)44(4,5)6)38-27-31(22-23-46-38)29-14-9-7-10-15-29/h7-28H,1-6H3. The predicted octanol–water partition coefficient (Wildman–Crippen LogP) is 12.3. The van der Waals surface area contributed by atoms with E-state index in [1.54, 1.807) is 0 Å². The van der Waals surface area contributed by atoms with Gasteiger partial charge in [0.25, 0.3) is 0 Å². The van der Waals surface area contributed by atoms with Gasteiger partial charge in [0.15, 0.2) is 0 Å². The van der Waals surface area contributed by atoms with Crippen LogP contribution in [0.25, 0.3) is 61.4 Å². The number of nitrogens with zero attached hydrogens (tertiary/aromatic N) is 3. The molecule has 7 aromatic rings. The smallest absolute Gasteiger partial charge is 0.208 e. The van der Waals surface area contributed by atoms with E-state index < -0.39 is 0 Å². The maximum Gasteiger partial charge on any atom is 0.208 e. The van der Waals surface area contributed by atoms with Gasteiger partial charge in [0.2, 0.25) is 5.28 Å². The monoisotopic (exact) mass is 645 g/mol. The summed E-state index contributed by atoms with van der Waals surface area (Å²) in [6, 6.07) is 45.1. The molecule has 0 aliphatic heterocycles. The molecule has 7 rings (SSSR count). The van der Waals surface area contributed by atoms with Gasteiger partial charge in [-0.2, -0.15) is 0 Å². The van der Waals surface area contributed by atoms with Gasteiger partial charge in [-0.25, -0.2) is 4.98 Å². The summed E-state index contributed by atoms with van der Waals surface area (Å²) in [6.07, 6.45) is 1.90. The molecular formula is C44H40ClN3. The van der Waals surface area contributed by atoms with E-state index in [2.05, 4.69) is 167 Å². The minimum absolute atomic E-state index is 0.00127. The lowest BCUT2D eigenvalue weighted by Gasteiger charge is -2.22. The van der Waals surface area contributed by atoms with Crippen LogP contribution >= 0.6 is 11.6 Å². The van der Waals surface area contributed by atoms with Crippen molar-refractivity contribution in [2.24, 2.45) is 0 Å². The summed E-state index contributed by atoms with van der Waals surface area (Å²) in [5.74, 6) is 0. The first kappa shape index (κ1) is 31.6. The van der Waals surface area contributed by atoms with E-state index in [4.69, 9.17) is 21.6 Å². The van der Waals surface area contributed by atoms with E-state index in [1.165, 1.54) is 16.7 Å². The number of fused-ring (bicyclic) bond motifs is 1. The fourth-order valence-electron chi connectivity index (χ4n) is 6.34. The number of halogens is 1. The topological polar surface area (TPSA) is 30.7 Å². The molecular weight excluding hydrogens is 606 g/mol. The molecule has 2 heterocycles. The zero-order valence-corrected chi connectivity index (χ0v) is 29.2. The molecule has 48 heavy (non-hydrogen) atoms. The maximum absolute atomic E-state index is 7.10. The molecule has 0 N–H and O–H groups in total. The van der Waals surface area contributed by atoms with Crippen molar-refractivity contribution in [3.8, 4) is 50.3 Å². The highest BCUT2D eigenvalue weighted by atomic mass is 35.5. The molecule has 4 heteroatoms. The lowest BCUT2D eigenvalue weighted by Crippen LogP contribution is -2.12. The number of pyridine rings is 1. The number of benzene rings is 5. The number of hydrogen-bond acceptors (Lipinski definition) is 2. The quantitative estimate of drug-likeness (QED) is 0.186. The molecule has 0 radical (unpaired) electrons. The van der Waals surface area contributed by atoms with Gasteiger partial charge in [0, 0.05) is 22.9 Å². The second kappa shape index (κ2) is 12.2. The Kier molecular flexibility index (Phi) is 8.05. The van der Waals surface area contributed by atoms with Gasteiger partial charge >= 0.3 is 0 Å². The van der Waals surface area contributed by atoms with E-state index >= 15 is 0 Å². The lowest BCUT2D eigenvalue weighted by atomic mass is 9.83. The first-order chi connectivity index (χ1) is 23.0. The Morgan fingerprint density at radius 1 is 0.521 bits per heavy atom. The third-order valence-electron chi connectivity index (χ3n) is 9.11. The number of imidazole rings is 1. The Hall–Kier alpha value is -4.99. The van der Waals surface area contributed by atoms with Gasteiger partial charge in [0.1, 0.15) is 0 Å². The summed E-state index contributed by atoms with van der Waals surface area (Å²) in [5, 5.41) is 0.433. The van der Waals surface area contributed by atoms with Gasteiger partial charge in [-0.1, -0.05) is 126 Å². The molecule has 238 valence electrons. The molecule has 0 aliphatic rings. The van der Waals surface area contributed by atoms with Crippen LogP contribution in [-0.2, 0) is 10.8 Å². The molecule has 0 saturated carbocycles. The highest BCUT2D eigenvalue weighted by Gasteiger charge is 2.23. The molecule has 0 saturated heterocycles. The molecule has 5 aromatic carbocycles. The van der Waals surface area contributed by atoms with Crippen LogP contribution in [0.5, 0.6) is 0 Å². The largest absolute Gasteiger partial charge is 0.282 e. The zero-order valence-electron chi connectivity index (χ0n) is 28.4. The third-order valence-corrected chi connectivity index (χ3v) is 9.36. The van der Waals surface area contributed by atoms with Crippen molar-refractivity contribution in [1.82, 2.24) is 14.5 Å². The molecule has 0 unspecified atom stereocenters. The van der Waals surface area contributed by atoms with Crippen molar-refractivity contribution in [3.05, 3.63) is 150 Å². The number of hydrogen-bond donors (Lipinski definition) is 0. The predicted molar refractivity (Wildman–Crippen MR) is 203 cm³/mol. The molecule has 0 bridgehead atoms. The van der Waals surface area contributed by atoms with Gasteiger partial charge < -0.3 is 0 Å². The molecule has 0 aliphatic carbocycles. The van der Waals surface area contributed by atoms with Crippen LogP contribution in [0, 0.1) is 0 Å². The second-order valence-corrected chi connectivity index (χ2v) is 14.9. The third kappa shape index (κ3) is 6.07. The van der Waals surface area contributed by atoms with Crippen molar-refractivity contribution >= 4 is 22.6 Å². The highest BCUT2D eigenvalue weighted by Crippen LogP contribution is 2.40. The van der Waals surface area contributed by atoms with Crippen molar-refractivity contribution in [2.45, 2.75) is 52.4 Å². The highest BCUT2D eigenvalue weighted by molar-refractivity contribution is 6.30. The average Bonchev–Trinajstić information content (AvgIpc) is 3.43. The summed E-state index contributed by atoms with van der Waals surface area (Å²) < 4.78 is 2.09. The number of para-hydroxylation sites is 1. The summed E-state index contributed by atoms with van der Waals surface area (Å²) >= 11 is 7.10. The van der Waals surface area contributed by atoms with Crippen molar-refractivity contribution in [1.29, 1.82) is 0 Å². The molecule has 0 amide bonds. The van der Waals surface area contributed by atoms with Gasteiger partial charge in [-0.05, 0) is 98.3 Å². The second-order valence-electron chi connectivity index (χ2n) is 14.6. The van der Waals surface area contributed by atoms with Gasteiger partial charge in [-0.15, -0.1) is 0 Å². The first-order valence-corrected chi connectivity index (χ1v) is 16.9. The van der Waals surface area contributed by atoms with Crippen LogP contribution < -0.4 is 0 Å². The van der Waals surface area contributed by atoms with Crippen LogP contribution in [0.15, 0.2) is 134 Å². The molecule has 3 nitrogen and oxygen atoms in total. The van der Waals surface area contributed by atoms with Crippen LogP contribution in [0.3, 0.4) is 0 Å². The minimum Gasteiger partial charge on any atom is -0.282 e. The van der Waals surface area contributed by atoms with Gasteiger partial charge in [-0.3, -0.25) is 9.55 Å². The summed E-state index contributed by atoms with van der Waals surface area (Å²) in [7, 11) is 0. The Balaban J connectivity index is 1.42. The van der Waals surface area contributed by atoms with Crippen LogP contribution in [0.1, 0.15) is 52.7 Å². The van der Waals surface area contributed by atoms with Crippen molar-refractivity contribution in [3.63, 3.8) is 0 Å². The number of rotatable bonds is 5. The molecule has 2 aromatic heterocycles. The Labute approximate surface area is 288 Å². The van der Waals surface area contributed by atoms with E-state index in [0.29, 0.717) is 5.28 Å². The van der Waals surface area contributed by atoms with Gasteiger partial charge in [0.05, 0.1) is 22.4 Å². The molecule has 0 atom stereocenters. The Morgan fingerprint density at radius 3 is 1.88 bits per heavy atom. The van der Waals surface area contributed by atoms with Crippen LogP contribution in [0.4, 0.5) is 0 Å². The maximum atomic E-state index is 7.10. The summed E-state index contributed by atoms with van der Waals surface area (Å²) in [6.45, 7) is 13.5. The summed E-state index contributed by atoms with van der Waals surface area (Å²) in [4.78, 5) is 9.87. The molecule has 0 spiro atoms. The SMILES string of the molecule is CC(C)(C)c1cc(-c2cc(-c3ccccc3)ccn2)cc(-c2cccc3c2nc(Cl)n3-c2ccc(C(C)(C)C)cc2-c2ccccc2)c1. The minimum atomic E-state index is -0.0773. The van der Waals surface area contributed by atoms with E-state index in [0.717, 1.165) is 55.8 Å². The number of aromatic nitrogens is 3.